The lowest BCUT2D eigenvalue weighted by Gasteiger charge is -2.42. The van der Waals surface area contributed by atoms with Gasteiger partial charge in [-0.05, 0) is 63.3 Å². The lowest BCUT2D eigenvalue weighted by atomic mass is 10.0. The van der Waals surface area contributed by atoms with Crippen molar-refractivity contribution in [1.29, 1.82) is 0 Å². The molecular formula is C26H35ClN6O3. The lowest BCUT2D eigenvalue weighted by Crippen LogP contribution is -2.58. The predicted octanol–water partition coefficient (Wildman–Crippen LogP) is 2.95. The van der Waals surface area contributed by atoms with Crippen LogP contribution in [-0.4, -0.2) is 86.2 Å². The normalized spacial score (nSPS) is 18.9. The molecule has 1 atom stereocenters. The number of nitrogens with zero attached hydrogens (tertiary/aromatic N) is 3. The molecule has 0 aromatic heterocycles. The van der Waals surface area contributed by atoms with E-state index in [1.54, 1.807) is 43.5 Å². The number of rotatable bonds is 7. The summed E-state index contributed by atoms with van der Waals surface area (Å²) in [5.41, 5.74) is 4.17. The van der Waals surface area contributed by atoms with E-state index >= 15 is 0 Å². The first kappa shape index (κ1) is 26.2. The molecule has 2 aliphatic heterocycles. The zero-order valence-corrected chi connectivity index (χ0v) is 21.6. The number of urea groups is 1. The summed E-state index contributed by atoms with van der Waals surface area (Å²) in [6.45, 7) is 5.52. The molecule has 4 rings (SSSR count). The van der Waals surface area contributed by atoms with Crippen molar-refractivity contribution in [2.45, 2.75) is 24.9 Å². The molecule has 3 amide bonds. The summed E-state index contributed by atoms with van der Waals surface area (Å²) in [6.07, 6.45) is 2.37. The number of amides is 3. The maximum absolute atomic E-state index is 13.4. The number of piperidine rings is 1. The first-order chi connectivity index (χ1) is 17.4. The average molecular weight is 515 g/mol. The van der Waals surface area contributed by atoms with Gasteiger partial charge in [0.15, 0.2) is 0 Å². The number of hydrazine groups is 1. The number of piperazine rings is 1. The molecule has 2 aromatic rings. The molecule has 3 N–H and O–H groups in total. The number of likely N-dealkylation sites (tertiary alicyclic amines) is 1. The SMILES string of the molecule is COc1ccccc1C(NC(=O)Nc1ccc(Cl)cc1)C(=O)NN1CCN(C2CCN(C)CC2)CC1. The second kappa shape index (κ2) is 12.4. The molecule has 194 valence electrons. The Bertz CT molecular complexity index is 1020. The van der Waals surface area contributed by atoms with Gasteiger partial charge in [0.1, 0.15) is 11.8 Å². The molecule has 2 saturated heterocycles. The number of hydrogen-bond donors (Lipinski definition) is 3. The van der Waals surface area contributed by atoms with Gasteiger partial charge in [0, 0.05) is 48.5 Å². The number of anilines is 1. The van der Waals surface area contributed by atoms with Crippen LogP contribution in [0, 0.1) is 0 Å². The van der Waals surface area contributed by atoms with E-state index < -0.39 is 12.1 Å². The predicted molar refractivity (Wildman–Crippen MR) is 141 cm³/mol. The van der Waals surface area contributed by atoms with Gasteiger partial charge in [-0.2, -0.15) is 0 Å². The molecule has 0 aliphatic carbocycles. The summed E-state index contributed by atoms with van der Waals surface area (Å²) >= 11 is 5.93. The van der Waals surface area contributed by atoms with E-state index in [1.807, 2.05) is 17.1 Å². The van der Waals surface area contributed by atoms with Gasteiger partial charge in [-0.15, -0.1) is 0 Å². The van der Waals surface area contributed by atoms with E-state index in [2.05, 4.69) is 32.9 Å². The number of halogens is 1. The number of nitrogens with one attached hydrogen (secondary N) is 3. The van der Waals surface area contributed by atoms with E-state index in [0.717, 1.165) is 39.3 Å². The van der Waals surface area contributed by atoms with Crippen LogP contribution in [-0.2, 0) is 4.79 Å². The van der Waals surface area contributed by atoms with Gasteiger partial charge >= 0.3 is 6.03 Å². The molecule has 10 heteroatoms. The molecule has 0 spiro atoms. The highest BCUT2D eigenvalue weighted by molar-refractivity contribution is 6.30. The third-order valence-electron chi connectivity index (χ3n) is 6.88. The van der Waals surface area contributed by atoms with E-state index in [9.17, 15) is 9.59 Å². The first-order valence-electron chi connectivity index (χ1n) is 12.4. The van der Waals surface area contributed by atoms with Gasteiger partial charge in [0.2, 0.25) is 0 Å². The van der Waals surface area contributed by atoms with Crippen molar-refractivity contribution in [3.05, 3.63) is 59.1 Å². The summed E-state index contributed by atoms with van der Waals surface area (Å²) in [4.78, 5) is 31.2. The van der Waals surface area contributed by atoms with Crippen LogP contribution in [0.25, 0.3) is 0 Å². The number of carbonyl (C=O) groups excluding carboxylic acids is 2. The minimum atomic E-state index is -0.944. The highest BCUT2D eigenvalue weighted by atomic mass is 35.5. The van der Waals surface area contributed by atoms with Crippen LogP contribution in [0.3, 0.4) is 0 Å². The number of methoxy groups -OCH3 is 1. The Morgan fingerprint density at radius 2 is 1.64 bits per heavy atom. The van der Waals surface area contributed by atoms with Crippen LogP contribution in [0.1, 0.15) is 24.4 Å². The fraction of sp³-hybridized carbons (Fsp3) is 0.462. The van der Waals surface area contributed by atoms with Crippen LogP contribution in [0.5, 0.6) is 5.75 Å². The van der Waals surface area contributed by atoms with Gasteiger partial charge in [0.05, 0.1) is 7.11 Å². The third-order valence-corrected chi connectivity index (χ3v) is 7.13. The summed E-state index contributed by atoms with van der Waals surface area (Å²) < 4.78 is 5.48. The minimum Gasteiger partial charge on any atom is -0.496 e. The first-order valence-corrected chi connectivity index (χ1v) is 12.7. The average Bonchev–Trinajstić information content (AvgIpc) is 2.89. The zero-order valence-electron chi connectivity index (χ0n) is 20.9. The van der Waals surface area contributed by atoms with Crippen molar-refractivity contribution in [3.63, 3.8) is 0 Å². The van der Waals surface area contributed by atoms with Gasteiger partial charge < -0.3 is 20.3 Å². The van der Waals surface area contributed by atoms with E-state index in [1.165, 1.54) is 12.8 Å². The maximum atomic E-state index is 13.4. The standard InChI is InChI=1S/C26H35ClN6O3/c1-31-13-11-21(12-14-31)32-15-17-33(18-16-32)30-25(34)24(22-5-3-4-6-23(22)36-2)29-26(35)28-20-9-7-19(27)8-10-20/h3-10,21,24H,11-18H2,1-2H3,(H,30,34)(H2,28,29,35). The Balaban J connectivity index is 1.39. The number of hydrogen-bond acceptors (Lipinski definition) is 6. The number of benzene rings is 2. The van der Waals surface area contributed by atoms with E-state index in [0.29, 0.717) is 28.1 Å². The lowest BCUT2D eigenvalue weighted by molar-refractivity contribution is -0.129. The van der Waals surface area contributed by atoms with Crippen molar-refractivity contribution >= 4 is 29.2 Å². The zero-order chi connectivity index (χ0) is 25.5. The third kappa shape index (κ3) is 6.88. The largest absolute Gasteiger partial charge is 0.496 e. The van der Waals surface area contributed by atoms with Crippen LogP contribution >= 0.6 is 11.6 Å². The molecule has 2 fully saturated rings. The van der Waals surface area contributed by atoms with Crippen LogP contribution in [0.15, 0.2) is 48.5 Å². The molecule has 2 heterocycles. The molecular weight excluding hydrogens is 480 g/mol. The summed E-state index contributed by atoms with van der Waals surface area (Å²) in [6, 6.07) is 13.1. The molecule has 2 aliphatic rings. The Morgan fingerprint density at radius 1 is 0.972 bits per heavy atom. The topological polar surface area (TPSA) is 89.2 Å². The fourth-order valence-electron chi connectivity index (χ4n) is 4.80. The number of para-hydroxylation sites is 1. The highest BCUT2D eigenvalue weighted by Crippen LogP contribution is 2.26. The molecule has 0 bridgehead atoms. The Labute approximate surface area is 217 Å². The monoisotopic (exact) mass is 514 g/mol. The number of carbonyl (C=O) groups is 2. The Morgan fingerprint density at radius 3 is 2.31 bits per heavy atom. The van der Waals surface area contributed by atoms with Crippen molar-refractivity contribution < 1.29 is 14.3 Å². The second-order valence-corrected chi connectivity index (χ2v) is 9.75. The van der Waals surface area contributed by atoms with Crippen molar-refractivity contribution in [1.82, 2.24) is 25.6 Å². The van der Waals surface area contributed by atoms with Crippen molar-refractivity contribution in [3.8, 4) is 5.75 Å². The Kier molecular flexibility index (Phi) is 9.03. The molecule has 0 saturated carbocycles. The highest BCUT2D eigenvalue weighted by Gasteiger charge is 2.30. The van der Waals surface area contributed by atoms with Gasteiger partial charge in [0.25, 0.3) is 5.91 Å². The molecule has 9 nitrogen and oxygen atoms in total. The molecule has 2 aromatic carbocycles. The smallest absolute Gasteiger partial charge is 0.320 e. The van der Waals surface area contributed by atoms with E-state index in [4.69, 9.17) is 16.3 Å². The van der Waals surface area contributed by atoms with Crippen LogP contribution in [0.2, 0.25) is 5.02 Å². The van der Waals surface area contributed by atoms with Crippen LogP contribution < -0.4 is 20.8 Å². The second-order valence-electron chi connectivity index (χ2n) is 9.31. The van der Waals surface area contributed by atoms with Gasteiger partial charge in [-0.3, -0.25) is 15.1 Å². The number of ether oxygens (including phenoxy) is 1. The maximum Gasteiger partial charge on any atom is 0.320 e. The van der Waals surface area contributed by atoms with Crippen molar-refractivity contribution in [2.24, 2.45) is 0 Å². The fourth-order valence-corrected chi connectivity index (χ4v) is 4.93. The molecule has 36 heavy (non-hydrogen) atoms. The Hall–Kier alpha value is -2.85. The van der Waals surface area contributed by atoms with Gasteiger partial charge in [-0.25, -0.2) is 9.80 Å². The van der Waals surface area contributed by atoms with Gasteiger partial charge in [-0.1, -0.05) is 29.8 Å². The molecule has 0 radical (unpaired) electrons. The summed E-state index contributed by atoms with van der Waals surface area (Å²) in [5, 5.41) is 8.08. The quantitative estimate of drug-likeness (QED) is 0.526. The summed E-state index contributed by atoms with van der Waals surface area (Å²) in [5.74, 6) is 0.204. The molecule has 1 unspecified atom stereocenters. The van der Waals surface area contributed by atoms with Crippen LogP contribution in [0.4, 0.5) is 10.5 Å². The van der Waals surface area contributed by atoms with E-state index in [-0.39, 0.29) is 5.91 Å². The van der Waals surface area contributed by atoms with Crippen molar-refractivity contribution in [2.75, 3.05) is 58.7 Å². The summed E-state index contributed by atoms with van der Waals surface area (Å²) in [7, 11) is 3.72. The minimum absolute atomic E-state index is 0.321.